The van der Waals surface area contributed by atoms with Crippen LogP contribution >= 0.6 is 0 Å². The summed E-state index contributed by atoms with van der Waals surface area (Å²) in [5.74, 6) is -0.0452. The number of benzene rings is 1. The molecule has 1 aromatic carbocycles. The van der Waals surface area contributed by atoms with E-state index < -0.39 is 0 Å². The van der Waals surface area contributed by atoms with Crippen LogP contribution in [0, 0.1) is 0 Å². The van der Waals surface area contributed by atoms with Crippen LogP contribution < -0.4 is 4.90 Å². The van der Waals surface area contributed by atoms with Crippen molar-refractivity contribution in [2.24, 2.45) is 0 Å². The van der Waals surface area contributed by atoms with Crippen molar-refractivity contribution in [2.45, 2.75) is 19.3 Å². The summed E-state index contributed by atoms with van der Waals surface area (Å²) < 4.78 is 0. The molecule has 1 heterocycles. The van der Waals surface area contributed by atoms with E-state index in [1.54, 1.807) is 11.0 Å². The Balaban J connectivity index is 2.06. The van der Waals surface area contributed by atoms with E-state index in [-0.39, 0.29) is 5.91 Å². The molecule has 3 heteroatoms. The fraction of sp³-hybridized carbons (Fsp3) is 0.250. The monoisotopic (exact) mass is 255 g/mol. The third-order valence-electron chi connectivity index (χ3n) is 3.16. The highest BCUT2D eigenvalue weighted by molar-refractivity contribution is 6.08. The Hall–Kier alpha value is -2.16. The Morgan fingerprint density at radius 2 is 2.00 bits per heavy atom. The Bertz CT molecular complexity index is 514. The highest BCUT2D eigenvalue weighted by Gasteiger charge is 2.19. The predicted octanol–water partition coefficient (Wildman–Crippen LogP) is 2.67. The SMILES string of the molecule is C=C1C=CCN(c2ccc(CCCC=O)cc2)C1=O. The second-order valence-corrected chi connectivity index (χ2v) is 4.57. The van der Waals surface area contributed by atoms with E-state index in [4.69, 9.17) is 0 Å². The van der Waals surface area contributed by atoms with Gasteiger partial charge in [0.25, 0.3) is 5.91 Å². The number of nitrogens with zero attached hydrogens (tertiary/aromatic N) is 1. The van der Waals surface area contributed by atoms with Crippen molar-refractivity contribution in [1.29, 1.82) is 0 Å². The fourth-order valence-electron chi connectivity index (χ4n) is 2.08. The van der Waals surface area contributed by atoms with Crippen molar-refractivity contribution < 1.29 is 9.59 Å². The minimum absolute atomic E-state index is 0.0452. The third-order valence-corrected chi connectivity index (χ3v) is 3.16. The number of aryl methyl sites for hydroxylation is 1. The van der Waals surface area contributed by atoms with Crippen molar-refractivity contribution in [3.63, 3.8) is 0 Å². The van der Waals surface area contributed by atoms with Crippen LogP contribution in [0.2, 0.25) is 0 Å². The van der Waals surface area contributed by atoms with Crippen LogP contribution in [-0.2, 0) is 16.0 Å². The summed E-state index contributed by atoms with van der Waals surface area (Å²) in [5.41, 5.74) is 2.58. The molecule has 0 spiro atoms. The van der Waals surface area contributed by atoms with Crippen LogP contribution in [0.5, 0.6) is 0 Å². The number of carbonyl (C=O) groups excluding carboxylic acids is 2. The van der Waals surface area contributed by atoms with Gasteiger partial charge in [0, 0.05) is 24.2 Å². The fourth-order valence-corrected chi connectivity index (χ4v) is 2.08. The van der Waals surface area contributed by atoms with Gasteiger partial charge in [0.2, 0.25) is 0 Å². The summed E-state index contributed by atoms with van der Waals surface area (Å²) in [5, 5.41) is 0. The van der Waals surface area contributed by atoms with Crippen LogP contribution in [0.4, 0.5) is 5.69 Å². The molecule has 1 aliphatic rings. The highest BCUT2D eigenvalue weighted by atomic mass is 16.2. The molecule has 98 valence electrons. The standard InChI is InChI=1S/C16H17NO2/c1-13-5-4-11-17(16(13)19)15-9-7-14(8-10-15)6-2-3-12-18/h4-5,7-10,12H,1-3,6,11H2. The molecule has 0 aromatic heterocycles. The number of unbranched alkanes of at least 4 members (excludes halogenated alkanes) is 1. The molecule has 19 heavy (non-hydrogen) atoms. The van der Waals surface area contributed by atoms with Gasteiger partial charge in [-0.05, 0) is 30.5 Å². The quantitative estimate of drug-likeness (QED) is 0.461. The molecule has 1 aromatic rings. The molecule has 0 fully saturated rings. The number of carbonyl (C=O) groups is 2. The number of hydrogen-bond acceptors (Lipinski definition) is 2. The maximum Gasteiger partial charge on any atom is 0.257 e. The average molecular weight is 255 g/mol. The first kappa shape index (κ1) is 13.3. The van der Waals surface area contributed by atoms with Crippen molar-refractivity contribution in [3.8, 4) is 0 Å². The Kier molecular flexibility index (Phi) is 4.29. The van der Waals surface area contributed by atoms with Gasteiger partial charge in [0.1, 0.15) is 6.29 Å². The molecule has 1 aliphatic heterocycles. The second kappa shape index (κ2) is 6.14. The highest BCUT2D eigenvalue weighted by Crippen LogP contribution is 2.20. The molecule has 0 N–H and O–H groups in total. The van der Waals surface area contributed by atoms with E-state index in [1.807, 2.05) is 30.3 Å². The Morgan fingerprint density at radius 1 is 1.26 bits per heavy atom. The van der Waals surface area contributed by atoms with Gasteiger partial charge in [-0.1, -0.05) is 30.9 Å². The lowest BCUT2D eigenvalue weighted by Gasteiger charge is -2.24. The molecule has 0 saturated heterocycles. The van der Waals surface area contributed by atoms with Gasteiger partial charge in [0.15, 0.2) is 0 Å². The topological polar surface area (TPSA) is 37.4 Å². The average Bonchev–Trinajstić information content (AvgIpc) is 2.43. The van der Waals surface area contributed by atoms with Crippen molar-refractivity contribution in [2.75, 3.05) is 11.4 Å². The first-order valence-electron chi connectivity index (χ1n) is 6.42. The molecular weight excluding hydrogens is 238 g/mol. The zero-order valence-corrected chi connectivity index (χ0v) is 10.8. The van der Waals surface area contributed by atoms with Gasteiger partial charge in [-0.15, -0.1) is 0 Å². The van der Waals surface area contributed by atoms with Gasteiger partial charge < -0.3 is 9.69 Å². The molecule has 2 rings (SSSR count). The van der Waals surface area contributed by atoms with Crippen LogP contribution in [0.3, 0.4) is 0 Å². The van der Waals surface area contributed by atoms with Gasteiger partial charge >= 0.3 is 0 Å². The molecule has 0 unspecified atom stereocenters. The molecule has 0 bridgehead atoms. The van der Waals surface area contributed by atoms with E-state index in [0.29, 0.717) is 18.5 Å². The molecule has 0 aliphatic carbocycles. The predicted molar refractivity (Wildman–Crippen MR) is 76.1 cm³/mol. The van der Waals surface area contributed by atoms with Crippen molar-refractivity contribution >= 4 is 17.9 Å². The zero-order valence-electron chi connectivity index (χ0n) is 10.8. The number of hydrogen-bond donors (Lipinski definition) is 0. The van der Waals surface area contributed by atoms with E-state index in [2.05, 4.69) is 6.58 Å². The summed E-state index contributed by atoms with van der Waals surface area (Å²) >= 11 is 0. The number of anilines is 1. The lowest BCUT2D eigenvalue weighted by atomic mass is 10.1. The molecule has 1 amide bonds. The van der Waals surface area contributed by atoms with Crippen LogP contribution in [0.25, 0.3) is 0 Å². The van der Waals surface area contributed by atoms with Crippen molar-refractivity contribution in [3.05, 3.63) is 54.1 Å². The zero-order chi connectivity index (χ0) is 13.7. The van der Waals surface area contributed by atoms with E-state index in [0.717, 1.165) is 24.8 Å². The summed E-state index contributed by atoms with van der Waals surface area (Å²) in [4.78, 5) is 23.9. The van der Waals surface area contributed by atoms with Crippen LogP contribution in [0.1, 0.15) is 18.4 Å². The Morgan fingerprint density at radius 3 is 2.68 bits per heavy atom. The summed E-state index contributed by atoms with van der Waals surface area (Å²) in [6, 6.07) is 7.91. The van der Waals surface area contributed by atoms with E-state index >= 15 is 0 Å². The number of rotatable bonds is 5. The minimum Gasteiger partial charge on any atom is -0.305 e. The van der Waals surface area contributed by atoms with Gasteiger partial charge in [-0.3, -0.25) is 4.79 Å². The minimum atomic E-state index is -0.0452. The van der Waals surface area contributed by atoms with E-state index in [1.165, 1.54) is 5.56 Å². The molecule has 3 nitrogen and oxygen atoms in total. The van der Waals surface area contributed by atoms with Crippen molar-refractivity contribution in [1.82, 2.24) is 0 Å². The van der Waals surface area contributed by atoms with Gasteiger partial charge in [-0.2, -0.15) is 0 Å². The van der Waals surface area contributed by atoms with Crippen LogP contribution in [0.15, 0.2) is 48.6 Å². The number of aldehydes is 1. The largest absolute Gasteiger partial charge is 0.305 e. The van der Waals surface area contributed by atoms with Crippen LogP contribution in [-0.4, -0.2) is 18.7 Å². The number of amides is 1. The first-order valence-corrected chi connectivity index (χ1v) is 6.42. The molecular formula is C16H17NO2. The first-order chi connectivity index (χ1) is 9.22. The molecule has 0 atom stereocenters. The van der Waals surface area contributed by atoms with Gasteiger partial charge in [0.05, 0.1) is 0 Å². The lowest BCUT2D eigenvalue weighted by Crippen LogP contribution is -2.34. The maximum absolute atomic E-state index is 12.0. The summed E-state index contributed by atoms with van der Waals surface area (Å²) in [6.07, 6.45) is 6.98. The van der Waals surface area contributed by atoms with Gasteiger partial charge in [-0.25, -0.2) is 0 Å². The summed E-state index contributed by atoms with van der Waals surface area (Å²) in [7, 11) is 0. The molecule has 0 saturated carbocycles. The smallest absolute Gasteiger partial charge is 0.257 e. The van der Waals surface area contributed by atoms with E-state index in [9.17, 15) is 9.59 Å². The third kappa shape index (κ3) is 3.19. The Labute approximate surface area is 113 Å². The second-order valence-electron chi connectivity index (χ2n) is 4.57. The molecule has 0 radical (unpaired) electrons. The maximum atomic E-state index is 12.0. The summed E-state index contributed by atoms with van der Waals surface area (Å²) in [6.45, 7) is 4.31. The normalized spacial score (nSPS) is 14.8. The lowest BCUT2D eigenvalue weighted by molar-refractivity contribution is -0.114.